The van der Waals surface area contributed by atoms with Crippen molar-refractivity contribution in [2.45, 2.75) is 43.5 Å². The Morgan fingerprint density at radius 3 is 2.73 bits per heavy atom. The Labute approximate surface area is 192 Å². The fourth-order valence-electron chi connectivity index (χ4n) is 4.01. The molecule has 0 radical (unpaired) electrons. The van der Waals surface area contributed by atoms with Gasteiger partial charge in [-0.25, -0.2) is 4.98 Å². The highest BCUT2D eigenvalue weighted by atomic mass is 79.9. The third kappa shape index (κ3) is 3.77. The lowest BCUT2D eigenvalue weighted by Gasteiger charge is -2.14. The Morgan fingerprint density at radius 1 is 1.13 bits per heavy atom. The number of aryl methyl sites for hydroxylation is 3. The maximum Gasteiger partial charge on any atom is 0.267 e. The topological polar surface area (TPSA) is 34.9 Å². The molecule has 0 bridgehead atoms. The average Bonchev–Trinajstić information content (AvgIpc) is 3.12. The second-order valence-corrected chi connectivity index (χ2v) is 10.6. The third-order valence-electron chi connectivity index (χ3n) is 5.50. The summed E-state index contributed by atoms with van der Waals surface area (Å²) in [6.07, 6.45) is 4.42. The Kier molecular flexibility index (Phi) is 5.56. The van der Waals surface area contributed by atoms with Crippen molar-refractivity contribution in [2.24, 2.45) is 0 Å². The summed E-state index contributed by atoms with van der Waals surface area (Å²) < 4.78 is 2.89. The van der Waals surface area contributed by atoms with Crippen LogP contribution >= 0.6 is 39.0 Å². The van der Waals surface area contributed by atoms with Gasteiger partial charge >= 0.3 is 0 Å². The molecule has 30 heavy (non-hydrogen) atoms. The molecule has 1 aliphatic carbocycles. The fourth-order valence-corrected chi connectivity index (χ4v) is 6.54. The summed E-state index contributed by atoms with van der Waals surface area (Å²) in [5.41, 5.74) is 4.55. The first-order valence-corrected chi connectivity index (χ1v) is 12.7. The molecule has 2 heterocycles. The van der Waals surface area contributed by atoms with Crippen molar-refractivity contribution in [2.75, 3.05) is 0 Å². The van der Waals surface area contributed by atoms with E-state index in [1.807, 2.05) is 28.8 Å². The molecular weight excluding hydrogens is 476 g/mol. The number of thioether (sulfide) groups is 1. The zero-order chi connectivity index (χ0) is 20.7. The van der Waals surface area contributed by atoms with Gasteiger partial charge in [0.1, 0.15) is 4.83 Å². The Hall–Kier alpha value is -1.89. The van der Waals surface area contributed by atoms with E-state index in [1.165, 1.54) is 22.4 Å². The normalized spacial score (nSPS) is 13.5. The summed E-state index contributed by atoms with van der Waals surface area (Å²) in [7, 11) is 0. The van der Waals surface area contributed by atoms with Gasteiger partial charge in [-0.1, -0.05) is 52.0 Å². The van der Waals surface area contributed by atoms with E-state index < -0.39 is 0 Å². The molecule has 0 saturated heterocycles. The number of benzene rings is 2. The maximum atomic E-state index is 13.8. The molecule has 152 valence electrons. The van der Waals surface area contributed by atoms with Gasteiger partial charge in [0, 0.05) is 15.1 Å². The molecular formula is C24H21BrN2OS2. The molecule has 0 amide bonds. The molecule has 6 heteroatoms. The molecule has 0 spiro atoms. The molecule has 2 aromatic heterocycles. The lowest BCUT2D eigenvalue weighted by molar-refractivity contribution is 0.699. The number of hydrogen-bond donors (Lipinski definition) is 0. The zero-order valence-corrected chi connectivity index (χ0v) is 19.9. The highest BCUT2D eigenvalue weighted by Gasteiger charge is 2.23. The molecule has 0 unspecified atom stereocenters. The molecule has 4 aromatic rings. The number of thiophene rings is 1. The monoisotopic (exact) mass is 496 g/mol. The summed E-state index contributed by atoms with van der Waals surface area (Å²) in [5, 5.41) is 1.60. The van der Waals surface area contributed by atoms with Crippen molar-refractivity contribution < 1.29 is 0 Å². The van der Waals surface area contributed by atoms with Crippen LogP contribution in [0.25, 0.3) is 15.9 Å². The smallest absolute Gasteiger partial charge is 0.267 e. The molecule has 0 N–H and O–H groups in total. The largest absolute Gasteiger partial charge is 0.268 e. The zero-order valence-electron chi connectivity index (χ0n) is 16.7. The summed E-state index contributed by atoms with van der Waals surface area (Å²) in [4.78, 5) is 21.0. The fraction of sp³-hybridized carbons (Fsp3) is 0.250. The van der Waals surface area contributed by atoms with E-state index >= 15 is 0 Å². The number of nitrogens with zero attached hydrogens (tertiary/aromatic N) is 2. The van der Waals surface area contributed by atoms with Crippen LogP contribution < -0.4 is 5.56 Å². The molecule has 0 atom stereocenters. The predicted molar refractivity (Wildman–Crippen MR) is 130 cm³/mol. The minimum atomic E-state index is 0.0725. The molecule has 1 aliphatic rings. The van der Waals surface area contributed by atoms with Gasteiger partial charge in [0.15, 0.2) is 5.16 Å². The van der Waals surface area contributed by atoms with Gasteiger partial charge in [0.05, 0.1) is 11.1 Å². The van der Waals surface area contributed by atoms with Gasteiger partial charge in [0.25, 0.3) is 5.56 Å². The highest BCUT2D eigenvalue weighted by molar-refractivity contribution is 9.10. The van der Waals surface area contributed by atoms with E-state index in [0.29, 0.717) is 0 Å². The first kappa shape index (κ1) is 20.0. The third-order valence-corrected chi connectivity index (χ3v) is 8.22. The SMILES string of the molecule is Cc1cccc(-n2c(SCc3ccc(Br)cc3)nc3sc4c(c3c2=O)CCCC4)c1. The lowest BCUT2D eigenvalue weighted by atomic mass is 9.97. The number of halogens is 1. The molecule has 0 fully saturated rings. The first-order chi connectivity index (χ1) is 14.6. The highest BCUT2D eigenvalue weighted by Crippen LogP contribution is 2.35. The molecule has 0 aliphatic heterocycles. The van der Waals surface area contributed by atoms with Crippen molar-refractivity contribution in [3.05, 3.63) is 84.9 Å². The van der Waals surface area contributed by atoms with Crippen LogP contribution in [0.3, 0.4) is 0 Å². The first-order valence-electron chi connectivity index (χ1n) is 10.1. The van der Waals surface area contributed by atoms with Crippen LogP contribution in [0.1, 0.15) is 34.4 Å². The second-order valence-electron chi connectivity index (χ2n) is 7.68. The summed E-state index contributed by atoms with van der Waals surface area (Å²) in [6.45, 7) is 2.06. The van der Waals surface area contributed by atoms with Crippen LogP contribution in [-0.4, -0.2) is 9.55 Å². The van der Waals surface area contributed by atoms with Crippen LogP contribution in [0.5, 0.6) is 0 Å². The van der Waals surface area contributed by atoms with Gasteiger partial charge in [-0.05, 0) is 73.6 Å². The predicted octanol–water partition coefficient (Wildman–Crippen LogP) is 6.69. The van der Waals surface area contributed by atoms with Crippen LogP contribution in [0.4, 0.5) is 0 Å². The number of rotatable bonds is 4. The van der Waals surface area contributed by atoms with E-state index in [1.54, 1.807) is 23.1 Å². The molecule has 3 nitrogen and oxygen atoms in total. The van der Waals surface area contributed by atoms with Crippen LogP contribution in [0.15, 0.2) is 63.0 Å². The number of fused-ring (bicyclic) bond motifs is 3. The van der Waals surface area contributed by atoms with Crippen molar-refractivity contribution >= 4 is 49.2 Å². The quantitative estimate of drug-likeness (QED) is 0.233. The average molecular weight is 497 g/mol. The van der Waals surface area contributed by atoms with Crippen LogP contribution in [0, 0.1) is 6.92 Å². The summed E-state index contributed by atoms with van der Waals surface area (Å²) in [5.74, 6) is 0.766. The van der Waals surface area contributed by atoms with Gasteiger partial charge in [-0.2, -0.15) is 0 Å². The van der Waals surface area contributed by atoms with E-state index in [-0.39, 0.29) is 5.56 Å². The standard InChI is InChI=1S/C24H21BrN2OS2/c1-15-5-4-6-18(13-15)27-23(28)21-19-7-2-3-8-20(19)30-22(21)26-24(27)29-14-16-9-11-17(25)12-10-16/h4-6,9-13H,2-3,7-8,14H2,1H3. The minimum Gasteiger partial charge on any atom is -0.268 e. The summed E-state index contributed by atoms with van der Waals surface area (Å²) in [6, 6.07) is 16.4. The number of hydrogen-bond acceptors (Lipinski definition) is 4. The van der Waals surface area contributed by atoms with E-state index in [4.69, 9.17) is 4.98 Å². The number of aromatic nitrogens is 2. The lowest BCUT2D eigenvalue weighted by Crippen LogP contribution is -2.22. The van der Waals surface area contributed by atoms with Crippen LogP contribution in [0.2, 0.25) is 0 Å². The van der Waals surface area contributed by atoms with Crippen LogP contribution in [-0.2, 0) is 18.6 Å². The maximum absolute atomic E-state index is 13.8. The van der Waals surface area contributed by atoms with Gasteiger partial charge in [-0.15, -0.1) is 11.3 Å². The van der Waals surface area contributed by atoms with Gasteiger partial charge in [0.2, 0.25) is 0 Å². The van der Waals surface area contributed by atoms with E-state index in [9.17, 15) is 4.79 Å². The van der Waals surface area contributed by atoms with E-state index in [2.05, 4.69) is 47.1 Å². The minimum absolute atomic E-state index is 0.0725. The molecule has 2 aromatic carbocycles. The molecule has 5 rings (SSSR count). The second kappa shape index (κ2) is 8.33. The Bertz CT molecular complexity index is 1290. The summed E-state index contributed by atoms with van der Waals surface area (Å²) >= 11 is 6.83. The Balaban J connectivity index is 1.66. The van der Waals surface area contributed by atoms with Crippen molar-refractivity contribution in [3.63, 3.8) is 0 Å². The molecule has 0 saturated carbocycles. The van der Waals surface area contributed by atoms with Crippen molar-refractivity contribution in [1.82, 2.24) is 9.55 Å². The van der Waals surface area contributed by atoms with Crippen molar-refractivity contribution in [3.8, 4) is 5.69 Å². The van der Waals surface area contributed by atoms with E-state index in [0.717, 1.165) is 56.1 Å². The Morgan fingerprint density at radius 2 is 1.93 bits per heavy atom. The van der Waals surface area contributed by atoms with Gasteiger partial charge in [-0.3, -0.25) is 9.36 Å². The van der Waals surface area contributed by atoms with Crippen molar-refractivity contribution in [1.29, 1.82) is 0 Å². The van der Waals surface area contributed by atoms with Gasteiger partial charge < -0.3 is 0 Å².